The van der Waals surface area contributed by atoms with Crippen molar-refractivity contribution in [3.05, 3.63) is 46.6 Å². The second-order valence-corrected chi connectivity index (χ2v) is 5.56. The van der Waals surface area contributed by atoms with E-state index < -0.39 is 6.09 Å². The van der Waals surface area contributed by atoms with Crippen molar-refractivity contribution < 1.29 is 9.53 Å². The van der Waals surface area contributed by atoms with E-state index in [9.17, 15) is 4.79 Å². The highest BCUT2D eigenvalue weighted by molar-refractivity contribution is 9.10. The van der Waals surface area contributed by atoms with Crippen LogP contribution in [0.25, 0.3) is 0 Å². The van der Waals surface area contributed by atoms with Crippen LogP contribution in [0.2, 0.25) is 0 Å². The summed E-state index contributed by atoms with van der Waals surface area (Å²) in [5.74, 6) is 0.658. The van der Waals surface area contributed by atoms with Gasteiger partial charge in [-0.1, -0.05) is 30.3 Å². The summed E-state index contributed by atoms with van der Waals surface area (Å²) in [6, 6.07) is 9.97. The Bertz CT molecular complexity index is 608. The molecule has 0 atom stereocenters. The lowest BCUT2D eigenvalue weighted by molar-refractivity contribution is 0.155. The Morgan fingerprint density at radius 2 is 2.15 bits per heavy atom. The predicted molar refractivity (Wildman–Crippen MR) is 78.4 cm³/mol. The number of carbonyl (C=O) groups excluding carboxylic acids is 1. The molecule has 0 aliphatic heterocycles. The number of rotatable bonds is 4. The van der Waals surface area contributed by atoms with Gasteiger partial charge in [-0.2, -0.15) is 5.10 Å². The summed E-state index contributed by atoms with van der Waals surface area (Å²) >= 11 is 3.38. The maximum Gasteiger partial charge on any atom is 0.413 e. The van der Waals surface area contributed by atoms with Crippen LogP contribution in [0.1, 0.15) is 24.4 Å². The van der Waals surface area contributed by atoms with Crippen molar-refractivity contribution in [1.82, 2.24) is 9.78 Å². The first-order chi connectivity index (χ1) is 9.74. The molecule has 1 aliphatic carbocycles. The molecule has 5 nitrogen and oxygen atoms in total. The Kier molecular flexibility index (Phi) is 3.73. The van der Waals surface area contributed by atoms with Gasteiger partial charge in [-0.05, 0) is 34.3 Å². The Balaban J connectivity index is 1.60. The lowest BCUT2D eigenvalue weighted by atomic mass is 10.2. The lowest BCUT2D eigenvalue weighted by Gasteiger charge is -2.09. The topological polar surface area (TPSA) is 56.2 Å². The van der Waals surface area contributed by atoms with Gasteiger partial charge in [-0.15, -0.1) is 0 Å². The van der Waals surface area contributed by atoms with Crippen LogP contribution >= 0.6 is 15.9 Å². The van der Waals surface area contributed by atoms with E-state index in [0.717, 1.165) is 22.9 Å². The van der Waals surface area contributed by atoms with Crippen molar-refractivity contribution in [2.75, 3.05) is 5.32 Å². The molecular formula is C14H14BrN3O2. The monoisotopic (exact) mass is 335 g/mol. The van der Waals surface area contributed by atoms with Gasteiger partial charge in [0.1, 0.15) is 12.4 Å². The summed E-state index contributed by atoms with van der Waals surface area (Å²) in [6.07, 6.45) is 3.41. The summed E-state index contributed by atoms with van der Waals surface area (Å²) in [4.78, 5) is 11.8. The van der Waals surface area contributed by atoms with Gasteiger partial charge in [-0.25, -0.2) is 9.48 Å². The molecule has 0 unspecified atom stereocenters. The van der Waals surface area contributed by atoms with E-state index in [1.54, 1.807) is 6.20 Å². The average Bonchev–Trinajstić information content (AvgIpc) is 3.24. The maximum absolute atomic E-state index is 11.8. The molecule has 20 heavy (non-hydrogen) atoms. The average molecular weight is 336 g/mol. The number of aromatic nitrogens is 2. The van der Waals surface area contributed by atoms with Gasteiger partial charge in [0.2, 0.25) is 0 Å². The number of anilines is 1. The number of hydrogen-bond acceptors (Lipinski definition) is 3. The quantitative estimate of drug-likeness (QED) is 0.926. The second-order valence-electron chi connectivity index (χ2n) is 4.70. The third-order valence-electron chi connectivity index (χ3n) is 3.08. The van der Waals surface area contributed by atoms with Crippen molar-refractivity contribution in [2.24, 2.45) is 0 Å². The molecule has 1 aromatic carbocycles. The first-order valence-electron chi connectivity index (χ1n) is 6.45. The summed E-state index contributed by atoms with van der Waals surface area (Å²) in [5.41, 5.74) is 0.956. The Morgan fingerprint density at radius 3 is 2.85 bits per heavy atom. The molecule has 2 aromatic rings. The van der Waals surface area contributed by atoms with E-state index in [0.29, 0.717) is 11.9 Å². The van der Waals surface area contributed by atoms with Gasteiger partial charge in [0.15, 0.2) is 0 Å². The van der Waals surface area contributed by atoms with E-state index in [1.165, 1.54) is 0 Å². The summed E-state index contributed by atoms with van der Waals surface area (Å²) in [7, 11) is 0. The van der Waals surface area contributed by atoms with Gasteiger partial charge in [0, 0.05) is 0 Å². The zero-order valence-electron chi connectivity index (χ0n) is 10.8. The molecule has 3 rings (SSSR count). The minimum Gasteiger partial charge on any atom is -0.444 e. The van der Waals surface area contributed by atoms with E-state index in [1.807, 2.05) is 35.0 Å². The Morgan fingerprint density at radius 1 is 1.40 bits per heavy atom. The van der Waals surface area contributed by atoms with Crippen LogP contribution in [-0.2, 0) is 11.3 Å². The number of halogens is 1. The number of amides is 1. The first-order valence-corrected chi connectivity index (χ1v) is 7.24. The highest BCUT2D eigenvalue weighted by atomic mass is 79.9. The molecule has 1 fully saturated rings. The standard InChI is InChI=1S/C14H14BrN3O2/c15-12-8-16-18(11-6-7-11)13(12)17-14(19)20-9-10-4-2-1-3-5-10/h1-5,8,11H,6-7,9H2,(H,17,19). The molecule has 1 N–H and O–H groups in total. The maximum atomic E-state index is 11.8. The molecule has 1 amide bonds. The molecule has 0 spiro atoms. The van der Waals surface area contributed by atoms with Gasteiger partial charge in [0.25, 0.3) is 0 Å². The van der Waals surface area contributed by atoms with E-state index in [4.69, 9.17) is 4.74 Å². The Hall–Kier alpha value is -1.82. The van der Waals surface area contributed by atoms with Crippen LogP contribution < -0.4 is 5.32 Å². The molecule has 1 aromatic heterocycles. The zero-order chi connectivity index (χ0) is 13.9. The Labute approximate surface area is 125 Å². The molecular weight excluding hydrogens is 322 g/mol. The summed E-state index contributed by atoms with van der Waals surface area (Å²) in [5, 5.41) is 6.99. The van der Waals surface area contributed by atoms with Crippen molar-refractivity contribution in [1.29, 1.82) is 0 Å². The van der Waals surface area contributed by atoms with Crippen molar-refractivity contribution in [3.8, 4) is 0 Å². The number of carbonyl (C=O) groups is 1. The van der Waals surface area contributed by atoms with E-state index in [-0.39, 0.29) is 6.61 Å². The number of ether oxygens (including phenoxy) is 1. The molecule has 6 heteroatoms. The van der Waals surface area contributed by atoms with E-state index >= 15 is 0 Å². The number of nitrogens with zero attached hydrogens (tertiary/aromatic N) is 2. The normalized spacial score (nSPS) is 14.1. The van der Waals surface area contributed by atoms with Crippen LogP contribution in [0.15, 0.2) is 41.0 Å². The molecule has 1 heterocycles. The first kappa shape index (κ1) is 13.2. The largest absolute Gasteiger partial charge is 0.444 e. The molecule has 1 saturated carbocycles. The van der Waals surface area contributed by atoms with Gasteiger partial charge >= 0.3 is 6.09 Å². The van der Waals surface area contributed by atoms with E-state index in [2.05, 4.69) is 26.3 Å². The summed E-state index contributed by atoms with van der Waals surface area (Å²) < 4.78 is 7.79. The van der Waals surface area contributed by atoms with Crippen LogP contribution in [0, 0.1) is 0 Å². The van der Waals surface area contributed by atoms with Crippen LogP contribution in [0.3, 0.4) is 0 Å². The number of hydrogen-bond donors (Lipinski definition) is 1. The molecule has 0 bridgehead atoms. The van der Waals surface area contributed by atoms with Crippen LogP contribution in [0.5, 0.6) is 0 Å². The highest BCUT2D eigenvalue weighted by Gasteiger charge is 2.28. The molecule has 1 aliphatic rings. The van der Waals surface area contributed by atoms with Crippen molar-refractivity contribution in [3.63, 3.8) is 0 Å². The lowest BCUT2D eigenvalue weighted by Crippen LogP contribution is -2.16. The third kappa shape index (κ3) is 3.01. The SMILES string of the molecule is O=C(Nc1c(Br)cnn1C1CC1)OCc1ccccc1. The van der Waals surface area contributed by atoms with Gasteiger partial charge < -0.3 is 4.74 Å². The highest BCUT2D eigenvalue weighted by Crippen LogP contribution is 2.38. The smallest absolute Gasteiger partial charge is 0.413 e. The number of benzene rings is 1. The molecule has 0 saturated heterocycles. The molecule has 104 valence electrons. The minimum atomic E-state index is -0.475. The van der Waals surface area contributed by atoms with Crippen molar-refractivity contribution >= 4 is 27.8 Å². The zero-order valence-corrected chi connectivity index (χ0v) is 12.3. The fraction of sp³-hybridized carbons (Fsp3) is 0.286. The van der Waals surface area contributed by atoms with Crippen LogP contribution in [-0.4, -0.2) is 15.9 Å². The van der Waals surface area contributed by atoms with Gasteiger partial charge in [-0.3, -0.25) is 5.32 Å². The predicted octanol–water partition coefficient (Wildman–Crippen LogP) is 3.73. The van der Waals surface area contributed by atoms with Crippen molar-refractivity contribution in [2.45, 2.75) is 25.5 Å². The summed E-state index contributed by atoms with van der Waals surface area (Å²) in [6.45, 7) is 0.252. The fourth-order valence-corrected chi connectivity index (χ4v) is 2.28. The van der Waals surface area contributed by atoms with Crippen LogP contribution in [0.4, 0.5) is 10.6 Å². The third-order valence-corrected chi connectivity index (χ3v) is 3.66. The second kappa shape index (κ2) is 5.66. The minimum absolute atomic E-state index is 0.252. The number of nitrogens with one attached hydrogen (secondary N) is 1. The molecule has 0 radical (unpaired) electrons. The van der Waals surface area contributed by atoms with Gasteiger partial charge in [0.05, 0.1) is 16.7 Å². The fourth-order valence-electron chi connectivity index (χ4n) is 1.91.